The summed E-state index contributed by atoms with van der Waals surface area (Å²) >= 11 is 7.62. The normalized spacial score (nSPS) is 19.6. The largest absolute Gasteiger partial charge is 0.363 e. The Morgan fingerprint density at radius 1 is 0.893 bits per heavy atom. The van der Waals surface area contributed by atoms with Crippen LogP contribution in [0, 0.1) is 0 Å². The number of hydrogen-bond acceptors (Lipinski definition) is 5. The van der Waals surface area contributed by atoms with E-state index in [9.17, 15) is 0 Å². The number of thiocarbonyl (C=S) groups is 1. The van der Waals surface area contributed by atoms with Crippen molar-refractivity contribution in [1.29, 1.82) is 0 Å². The molecule has 1 unspecified atom stereocenters. The van der Waals surface area contributed by atoms with Crippen molar-refractivity contribution in [3.8, 4) is 0 Å². The van der Waals surface area contributed by atoms with Gasteiger partial charge in [-0.15, -0.1) is 11.8 Å². The number of rotatable bonds is 14. The van der Waals surface area contributed by atoms with Crippen molar-refractivity contribution in [1.82, 2.24) is 0 Å². The van der Waals surface area contributed by atoms with Gasteiger partial charge in [0, 0.05) is 7.11 Å². The lowest BCUT2D eigenvalue weighted by molar-refractivity contribution is 0.0947. The molecule has 0 saturated carbocycles. The molecule has 0 aliphatic carbocycles. The van der Waals surface area contributed by atoms with Crippen LogP contribution < -0.4 is 0 Å². The van der Waals surface area contributed by atoms with Gasteiger partial charge in [0.15, 0.2) is 5.60 Å². The summed E-state index contributed by atoms with van der Waals surface area (Å²) < 4.78 is 8.15. The molecule has 0 spiro atoms. The molecule has 2 rings (SSSR count). The summed E-state index contributed by atoms with van der Waals surface area (Å²) in [5.74, 6) is 1.18. The molecule has 1 aromatic carbocycles. The third kappa shape index (κ3) is 7.71. The number of hydrogen-bond donors (Lipinski definition) is 0. The van der Waals surface area contributed by atoms with E-state index in [1.807, 2.05) is 17.8 Å². The summed E-state index contributed by atoms with van der Waals surface area (Å²) in [4.78, 5) is 0. The number of methoxy groups -OCH3 is 1. The first kappa shape index (κ1) is 24.3. The van der Waals surface area contributed by atoms with Crippen molar-refractivity contribution in [2.45, 2.75) is 76.7 Å². The van der Waals surface area contributed by atoms with E-state index in [-0.39, 0.29) is 0 Å². The molecular formula is C23H34OS4. The van der Waals surface area contributed by atoms with E-state index < -0.39 is 5.60 Å². The monoisotopic (exact) mass is 454 g/mol. The van der Waals surface area contributed by atoms with Gasteiger partial charge >= 0.3 is 0 Å². The van der Waals surface area contributed by atoms with Crippen LogP contribution in [0.5, 0.6) is 0 Å². The van der Waals surface area contributed by atoms with Gasteiger partial charge in [-0.2, -0.15) is 0 Å². The molecule has 156 valence electrons. The summed E-state index contributed by atoms with van der Waals surface area (Å²) in [6, 6.07) is 10.3. The van der Waals surface area contributed by atoms with Crippen molar-refractivity contribution in [3.05, 3.63) is 46.2 Å². The van der Waals surface area contributed by atoms with Crippen molar-refractivity contribution < 1.29 is 4.74 Å². The summed E-state index contributed by atoms with van der Waals surface area (Å²) in [6.45, 7) is 2.28. The van der Waals surface area contributed by atoms with Crippen LogP contribution in [0.2, 0.25) is 0 Å². The van der Waals surface area contributed by atoms with Crippen LogP contribution in [-0.2, 0) is 10.3 Å². The fraction of sp³-hybridized carbons (Fsp3) is 0.609. The van der Waals surface area contributed by atoms with Gasteiger partial charge in [0.05, 0.1) is 8.43 Å². The Labute approximate surface area is 189 Å². The van der Waals surface area contributed by atoms with Gasteiger partial charge in [-0.1, -0.05) is 107 Å². The molecule has 1 heterocycles. The Hall–Kier alpha value is 0.0600. The minimum Gasteiger partial charge on any atom is -0.363 e. The maximum atomic E-state index is 5.95. The van der Waals surface area contributed by atoms with Gasteiger partial charge in [0.1, 0.15) is 0 Å². The number of unbranched alkanes of at least 4 members (excludes halogenated alkanes) is 9. The molecule has 0 fully saturated rings. The third-order valence-electron chi connectivity index (χ3n) is 5.09. The Morgan fingerprint density at radius 3 is 2.11 bits per heavy atom. The highest BCUT2D eigenvalue weighted by Gasteiger charge is 2.39. The van der Waals surface area contributed by atoms with Crippen LogP contribution in [0.4, 0.5) is 0 Å². The second-order valence-corrected chi connectivity index (χ2v) is 11.5. The fourth-order valence-corrected chi connectivity index (χ4v) is 7.66. The van der Waals surface area contributed by atoms with E-state index in [4.69, 9.17) is 17.0 Å². The highest BCUT2D eigenvalue weighted by molar-refractivity contribution is 8.86. The van der Waals surface area contributed by atoms with Crippen LogP contribution in [0.3, 0.4) is 0 Å². The molecule has 1 aliphatic rings. The Balaban J connectivity index is 1.70. The van der Waals surface area contributed by atoms with Crippen LogP contribution in [-0.4, -0.2) is 17.1 Å². The lowest BCUT2D eigenvalue weighted by Crippen LogP contribution is -2.34. The molecule has 0 radical (unpaired) electrons. The summed E-state index contributed by atoms with van der Waals surface area (Å²) in [7, 11) is 5.21. The molecule has 5 heteroatoms. The first-order valence-electron chi connectivity index (χ1n) is 10.6. The van der Waals surface area contributed by atoms with Gasteiger partial charge < -0.3 is 4.74 Å². The van der Waals surface area contributed by atoms with E-state index in [0.717, 1.165) is 9.76 Å². The predicted octanol–water partition coefficient (Wildman–Crippen LogP) is 8.75. The van der Waals surface area contributed by atoms with Crippen molar-refractivity contribution >= 4 is 49.8 Å². The Morgan fingerprint density at radius 2 is 1.50 bits per heavy atom. The quantitative estimate of drug-likeness (QED) is 0.157. The van der Waals surface area contributed by atoms with Crippen LogP contribution in [0.25, 0.3) is 0 Å². The molecule has 0 N–H and O–H groups in total. The van der Waals surface area contributed by atoms with Gasteiger partial charge in [0.2, 0.25) is 0 Å². The minimum absolute atomic E-state index is 0.577. The zero-order valence-corrected chi connectivity index (χ0v) is 20.5. The summed E-state index contributed by atoms with van der Waals surface area (Å²) in [5, 5.41) is 0. The first-order chi connectivity index (χ1) is 13.7. The molecule has 0 bridgehead atoms. The highest BCUT2D eigenvalue weighted by atomic mass is 33.1. The standard InChI is InChI=1S/C23H34OS4/c1-3-4-5-6-7-8-9-10-11-15-18-26-21-19-23(24-2,22(25)28-27-21)20-16-13-12-14-17-20/h12-14,16-17,19H,3-11,15,18H2,1-2H3. The number of thioether (sulfide) groups is 1. The van der Waals surface area contributed by atoms with E-state index in [2.05, 4.69) is 37.3 Å². The van der Waals surface area contributed by atoms with Crippen LogP contribution in [0.15, 0.2) is 40.6 Å². The van der Waals surface area contributed by atoms with E-state index in [0.29, 0.717) is 0 Å². The molecule has 1 nitrogen and oxygen atoms in total. The molecule has 28 heavy (non-hydrogen) atoms. The van der Waals surface area contributed by atoms with Gasteiger partial charge in [0.25, 0.3) is 0 Å². The van der Waals surface area contributed by atoms with Crippen LogP contribution >= 0.6 is 45.6 Å². The average Bonchev–Trinajstić information content (AvgIpc) is 2.74. The topological polar surface area (TPSA) is 9.23 Å². The van der Waals surface area contributed by atoms with Crippen molar-refractivity contribution in [2.24, 2.45) is 0 Å². The number of benzene rings is 1. The summed E-state index contributed by atoms with van der Waals surface area (Å²) in [5.41, 5.74) is 0.541. The van der Waals surface area contributed by atoms with E-state index >= 15 is 0 Å². The Bertz CT molecular complexity index is 602. The predicted molar refractivity (Wildman–Crippen MR) is 135 cm³/mol. The molecule has 1 aromatic rings. The highest BCUT2D eigenvalue weighted by Crippen LogP contribution is 2.51. The maximum absolute atomic E-state index is 5.95. The lowest BCUT2D eigenvalue weighted by atomic mass is 9.95. The SMILES string of the molecule is CCCCCCCCCCCCSC1=CC(OC)(c2ccccc2)C(=S)SS1. The Kier molecular flexibility index (Phi) is 12.3. The maximum Gasteiger partial charge on any atom is 0.155 e. The fourth-order valence-electron chi connectivity index (χ4n) is 3.36. The zero-order valence-electron chi connectivity index (χ0n) is 17.3. The molecule has 0 saturated heterocycles. The molecular weight excluding hydrogens is 421 g/mol. The molecule has 0 amide bonds. The lowest BCUT2D eigenvalue weighted by Gasteiger charge is -2.33. The third-order valence-corrected chi connectivity index (χ3v) is 9.88. The molecule has 1 atom stereocenters. The van der Waals surface area contributed by atoms with E-state index in [1.54, 1.807) is 28.7 Å². The molecule has 0 aromatic heterocycles. The minimum atomic E-state index is -0.577. The zero-order chi connectivity index (χ0) is 20.1. The van der Waals surface area contributed by atoms with Crippen molar-refractivity contribution in [2.75, 3.05) is 12.9 Å². The van der Waals surface area contributed by atoms with Gasteiger partial charge in [-0.3, -0.25) is 0 Å². The van der Waals surface area contributed by atoms with E-state index in [1.165, 1.54) is 74.2 Å². The number of ether oxygens (including phenoxy) is 1. The average molecular weight is 455 g/mol. The first-order valence-corrected chi connectivity index (χ1v) is 14.1. The second kappa shape index (κ2) is 14.1. The van der Waals surface area contributed by atoms with Gasteiger partial charge in [-0.05, 0) is 45.4 Å². The van der Waals surface area contributed by atoms with Crippen LogP contribution in [0.1, 0.15) is 76.7 Å². The smallest absolute Gasteiger partial charge is 0.155 e. The second-order valence-electron chi connectivity index (χ2n) is 7.25. The van der Waals surface area contributed by atoms with Crippen molar-refractivity contribution in [3.63, 3.8) is 0 Å². The van der Waals surface area contributed by atoms with Gasteiger partial charge in [-0.25, -0.2) is 0 Å². The summed E-state index contributed by atoms with van der Waals surface area (Å²) in [6.07, 6.45) is 16.1. The molecule has 1 aliphatic heterocycles.